The molecule has 2 amide bonds. The number of aromatic nitrogens is 1. The van der Waals surface area contributed by atoms with Gasteiger partial charge in [0.25, 0.3) is 11.8 Å². The van der Waals surface area contributed by atoms with E-state index in [9.17, 15) is 14.7 Å². The maximum atomic E-state index is 12.9. The molecule has 0 unspecified atom stereocenters. The minimum Gasteiger partial charge on any atom is -0.396 e. The van der Waals surface area contributed by atoms with Crippen molar-refractivity contribution >= 4 is 22.7 Å². The molecule has 2 N–H and O–H groups in total. The van der Waals surface area contributed by atoms with Gasteiger partial charge in [0.1, 0.15) is 5.69 Å². The fraction of sp³-hybridized carbons (Fsp3) is 0.227. The van der Waals surface area contributed by atoms with Gasteiger partial charge in [-0.2, -0.15) is 0 Å². The second-order valence-corrected chi connectivity index (χ2v) is 6.99. The lowest BCUT2D eigenvalue weighted by Crippen LogP contribution is -2.42. The minimum atomic E-state index is -0.304. The topological polar surface area (TPSA) is 82.5 Å². The molecule has 6 heteroatoms. The van der Waals surface area contributed by atoms with Gasteiger partial charge in [-0.15, -0.1) is 0 Å². The van der Waals surface area contributed by atoms with Crippen LogP contribution in [-0.4, -0.2) is 52.5 Å². The highest BCUT2D eigenvalue weighted by Crippen LogP contribution is 2.20. The van der Waals surface area contributed by atoms with E-state index in [0.717, 1.165) is 10.9 Å². The Morgan fingerprint density at radius 2 is 1.75 bits per heavy atom. The summed E-state index contributed by atoms with van der Waals surface area (Å²) in [5.74, 6) is -0.611. The zero-order valence-electron chi connectivity index (χ0n) is 15.3. The van der Waals surface area contributed by atoms with E-state index in [1.165, 1.54) is 0 Å². The van der Waals surface area contributed by atoms with Crippen LogP contribution in [0.5, 0.6) is 0 Å². The Bertz CT molecular complexity index is 1010. The summed E-state index contributed by atoms with van der Waals surface area (Å²) in [4.78, 5) is 31.5. The van der Waals surface area contributed by atoms with Gasteiger partial charge in [0, 0.05) is 36.6 Å². The average Bonchev–Trinajstić information content (AvgIpc) is 3.16. The van der Waals surface area contributed by atoms with Crippen LogP contribution in [0.2, 0.25) is 0 Å². The number of carbonyl (C=O) groups is 2. The number of fused-ring (bicyclic) bond motifs is 1. The van der Waals surface area contributed by atoms with E-state index in [2.05, 4.69) is 10.3 Å². The van der Waals surface area contributed by atoms with Gasteiger partial charge in [-0.05, 0) is 24.3 Å². The molecule has 2 heterocycles. The van der Waals surface area contributed by atoms with Crippen molar-refractivity contribution < 1.29 is 14.7 Å². The second-order valence-electron chi connectivity index (χ2n) is 6.99. The molecule has 28 heavy (non-hydrogen) atoms. The largest absolute Gasteiger partial charge is 0.396 e. The third kappa shape index (κ3) is 3.59. The van der Waals surface area contributed by atoms with E-state index >= 15 is 0 Å². The summed E-state index contributed by atoms with van der Waals surface area (Å²) >= 11 is 0. The highest BCUT2D eigenvalue weighted by Gasteiger charge is 2.36. The summed E-state index contributed by atoms with van der Waals surface area (Å²) < 4.78 is 0. The fourth-order valence-corrected chi connectivity index (χ4v) is 3.57. The summed E-state index contributed by atoms with van der Waals surface area (Å²) in [6.45, 7) is 0.620. The van der Waals surface area contributed by atoms with Crippen molar-refractivity contribution in [3.05, 3.63) is 78.0 Å². The third-order valence-electron chi connectivity index (χ3n) is 5.13. The predicted octanol–water partition coefficient (Wildman–Crippen LogP) is 2.10. The van der Waals surface area contributed by atoms with Crippen molar-refractivity contribution in [2.45, 2.75) is 6.04 Å². The van der Waals surface area contributed by atoms with Gasteiger partial charge in [-0.1, -0.05) is 42.5 Å². The van der Waals surface area contributed by atoms with Crippen LogP contribution in [0.1, 0.15) is 20.8 Å². The van der Waals surface area contributed by atoms with Crippen molar-refractivity contribution in [2.24, 2.45) is 5.92 Å². The molecule has 0 bridgehead atoms. The molecule has 6 nitrogen and oxygen atoms in total. The zero-order valence-corrected chi connectivity index (χ0v) is 15.3. The van der Waals surface area contributed by atoms with E-state index in [4.69, 9.17) is 0 Å². The van der Waals surface area contributed by atoms with E-state index < -0.39 is 0 Å². The van der Waals surface area contributed by atoms with E-state index in [1.807, 2.05) is 36.4 Å². The number of rotatable bonds is 4. The standard InChI is InChI=1S/C22H21N3O3/c26-14-17-12-25(13-20(17)24-21(27)16-7-2-1-3-8-16)22(28)19-11-10-15-6-4-5-9-18(15)23-19/h1-11,17,20,26H,12-14H2,(H,24,27)/t17-,20+/m0/s1. The molecule has 1 fully saturated rings. The molecule has 2 aromatic carbocycles. The third-order valence-corrected chi connectivity index (χ3v) is 5.13. The van der Waals surface area contributed by atoms with Gasteiger partial charge in [0.2, 0.25) is 0 Å². The average molecular weight is 375 g/mol. The van der Waals surface area contributed by atoms with Gasteiger partial charge in [0.05, 0.1) is 11.6 Å². The minimum absolute atomic E-state index is 0.103. The molecule has 0 radical (unpaired) electrons. The summed E-state index contributed by atoms with van der Waals surface area (Å²) in [7, 11) is 0. The number of amides is 2. The second kappa shape index (κ2) is 7.78. The van der Waals surface area contributed by atoms with E-state index in [1.54, 1.807) is 35.2 Å². The highest BCUT2D eigenvalue weighted by molar-refractivity contribution is 5.96. The lowest BCUT2D eigenvalue weighted by molar-refractivity contribution is 0.0773. The van der Waals surface area contributed by atoms with Gasteiger partial charge in [-0.25, -0.2) is 4.98 Å². The number of nitrogens with zero attached hydrogens (tertiary/aromatic N) is 2. The molecule has 3 aromatic rings. The Morgan fingerprint density at radius 3 is 2.54 bits per heavy atom. The molecule has 1 aromatic heterocycles. The first-order chi connectivity index (χ1) is 13.7. The predicted molar refractivity (Wildman–Crippen MR) is 106 cm³/mol. The van der Waals surface area contributed by atoms with Gasteiger partial charge < -0.3 is 15.3 Å². The van der Waals surface area contributed by atoms with Crippen molar-refractivity contribution in [2.75, 3.05) is 19.7 Å². The maximum Gasteiger partial charge on any atom is 0.272 e. The van der Waals surface area contributed by atoms with E-state index in [0.29, 0.717) is 24.3 Å². The Kier molecular flexibility index (Phi) is 5.04. The van der Waals surface area contributed by atoms with E-state index in [-0.39, 0.29) is 30.4 Å². The number of aliphatic hydroxyl groups excluding tert-OH is 1. The van der Waals surface area contributed by atoms with Crippen molar-refractivity contribution in [1.29, 1.82) is 0 Å². The Labute approximate surface area is 162 Å². The molecule has 0 saturated carbocycles. The summed E-state index contributed by atoms with van der Waals surface area (Å²) in [5, 5.41) is 13.6. The van der Waals surface area contributed by atoms with Crippen molar-refractivity contribution in [1.82, 2.24) is 15.2 Å². The SMILES string of the molecule is O=C(N[C@@H]1CN(C(=O)c2ccc3ccccc3n2)C[C@H]1CO)c1ccccc1. The molecule has 4 rings (SSSR count). The molecule has 0 aliphatic carbocycles. The van der Waals surface area contributed by atoms with Gasteiger partial charge >= 0.3 is 0 Å². The van der Waals surface area contributed by atoms with Crippen LogP contribution in [0, 0.1) is 5.92 Å². The molecule has 0 spiro atoms. The van der Waals surface area contributed by atoms with Gasteiger partial charge in [0.15, 0.2) is 0 Å². The normalized spacial score (nSPS) is 19.0. The highest BCUT2D eigenvalue weighted by atomic mass is 16.3. The molecule has 1 aliphatic heterocycles. The number of hydrogen-bond donors (Lipinski definition) is 2. The van der Waals surface area contributed by atoms with Crippen LogP contribution < -0.4 is 5.32 Å². The number of aliphatic hydroxyl groups is 1. The number of likely N-dealkylation sites (tertiary alicyclic amines) is 1. The quantitative estimate of drug-likeness (QED) is 0.732. The molecular formula is C22H21N3O3. The van der Waals surface area contributed by atoms with Crippen molar-refractivity contribution in [3.8, 4) is 0 Å². The Morgan fingerprint density at radius 1 is 1.00 bits per heavy atom. The lowest BCUT2D eigenvalue weighted by Gasteiger charge is -2.18. The maximum absolute atomic E-state index is 12.9. The summed E-state index contributed by atoms with van der Waals surface area (Å²) in [6, 6.07) is 19.8. The number of para-hydroxylation sites is 1. The monoisotopic (exact) mass is 375 g/mol. The zero-order chi connectivity index (χ0) is 19.5. The lowest BCUT2D eigenvalue weighted by atomic mass is 10.0. The summed E-state index contributed by atoms with van der Waals surface area (Å²) in [5.41, 5.74) is 1.69. The molecule has 142 valence electrons. The number of benzene rings is 2. The molecule has 1 aliphatic rings. The number of pyridine rings is 1. The van der Waals surface area contributed by atoms with Crippen LogP contribution in [0.15, 0.2) is 66.7 Å². The first kappa shape index (κ1) is 18.1. The smallest absolute Gasteiger partial charge is 0.272 e. The molecular weight excluding hydrogens is 354 g/mol. The Balaban J connectivity index is 1.49. The first-order valence-electron chi connectivity index (χ1n) is 9.27. The molecule has 1 saturated heterocycles. The van der Waals surface area contributed by atoms with Crippen LogP contribution in [0.25, 0.3) is 10.9 Å². The first-order valence-corrected chi connectivity index (χ1v) is 9.27. The van der Waals surface area contributed by atoms with Gasteiger partial charge in [-0.3, -0.25) is 9.59 Å². The van der Waals surface area contributed by atoms with Crippen LogP contribution in [0.4, 0.5) is 0 Å². The van der Waals surface area contributed by atoms with Crippen LogP contribution in [-0.2, 0) is 0 Å². The summed E-state index contributed by atoms with van der Waals surface area (Å²) in [6.07, 6.45) is 0. The Hall–Kier alpha value is -3.25. The fourth-order valence-electron chi connectivity index (χ4n) is 3.57. The molecule has 2 atom stereocenters. The van der Waals surface area contributed by atoms with Crippen LogP contribution >= 0.6 is 0 Å². The number of hydrogen-bond acceptors (Lipinski definition) is 4. The number of nitrogens with one attached hydrogen (secondary N) is 1. The number of carbonyl (C=O) groups excluding carboxylic acids is 2. The van der Waals surface area contributed by atoms with Crippen molar-refractivity contribution in [3.63, 3.8) is 0 Å². The van der Waals surface area contributed by atoms with Crippen LogP contribution in [0.3, 0.4) is 0 Å².